The predicted molar refractivity (Wildman–Crippen MR) is 123 cm³/mol. The zero-order valence-electron chi connectivity index (χ0n) is 17.5. The zero-order valence-corrected chi connectivity index (χ0v) is 18.3. The Hall–Kier alpha value is -3.77. The minimum absolute atomic E-state index is 0.00914. The molecule has 2 aliphatic heterocycles. The average Bonchev–Trinajstić information content (AvgIpc) is 3.09. The number of aliphatic hydroxyl groups excluding tert-OH is 1. The number of nitrogens with zero attached hydrogens (tertiary/aromatic N) is 1. The quantitative estimate of drug-likeness (QED) is 0.345. The van der Waals surface area contributed by atoms with E-state index in [0.717, 1.165) is 5.56 Å². The highest BCUT2D eigenvalue weighted by Crippen LogP contribution is 2.42. The third-order valence-electron chi connectivity index (χ3n) is 5.72. The summed E-state index contributed by atoms with van der Waals surface area (Å²) in [6, 6.07) is 20.5. The largest absolute Gasteiger partial charge is 0.507 e. The number of hydrogen-bond donors (Lipinski definition) is 1. The van der Waals surface area contributed by atoms with Gasteiger partial charge in [0.2, 0.25) is 0 Å². The van der Waals surface area contributed by atoms with Crippen molar-refractivity contribution in [3.05, 3.63) is 100 Å². The number of amides is 1. The van der Waals surface area contributed by atoms with Gasteiger partial charge in [0.05, 0.1) is 11.6 Å². The zero-order chi connectivity index (χ0) is 22.9. The van der Waals surface area contributed by atoms with Crippen LogP contribution in [-0.2, 0) is 16.1 Å². The molecule has 0 aliphatic carbocycles. The van der Waals surface area contributed by atoms with Gasteiger partial charge in [-0.1, -0.05) is 54.1 Å². The normalized spacial score (nSPS) is 19.1. The average molecular weight is 462 g/mol. The molecule has 0 bridgehead atoms. The van der Waals surface area contributed by atoms with Gasteiger partial charge in [0.25, 0.3) is 11.7 Å². The second-order valence-electron chi connectivity index (χ2n) is 7.83. The minimum Gasteiger partial charge on any atom is -0.507 e. The number of carbonyl (C=O) groups excluding carboxylic acids is 2. The molecule has 6 nitrogen and oxygen atoms in total. The summed E-state index contributed by atoms with van der Waals surface area (Å²) >= 11 is 6.23. The van der Waals surface area contributed by atoms with Crippen molar-refractivity contribution in [2.24, 2.45) is 0 Å². The number of benzene rings is 3. The molecule has 0 saturated carbocycles. The van der Waals surface area contributed by atoms with Gasteiger partial charge >= 0.3 is 0 Å². The summed E-state index contributed by atoms with van der Waals surface area (Å²) in [4.78, 5) is 27.8. The van der Waals surface area contributed by atoms with Crippen LogP contribution >= 0.6 is 11.6 Å². The van der Waals surface area contributed by atoms with Crippen LogP contribution in [0.3, 0.4) is 0 Å². The molecule has 0 spiro atoms. The molecule has 1 N–H and O–H groups in total. The van der Waals surface area contributed by atoms with Gasteiger partial charge in [0, 0.05) is 17.1 Å². The number of fused-ring (bicyclic) bond motifs is 1. The highest BCUT2D eigenvalue weighted by atomic mass is 35.5. The number of ether oxygens (including phenoxy) is 2. The molecular weight excluding hydrogens is 442 g/mol. The first kappa shape index (κ1) is 21.1. The molecule has 1 atom stereocenters. The molecule has 3 aromatic rings. The molecule has 1 amide bonds. The third kappa shape index (κ3) is 3.94. The Morgan fingerprint density at radius 1 is 0.939 bits per heavy atom. The van der Waals surface area contributed by atoms with Gasteiger partial charge in [-0.05, 0) is 41.5 Å². The van der Waals surface area contributed by atoms with Crippen LogP contribution < -0.4 is 9.47 Å². The lowest BCUT2D eigenvalue weighted by Gasteiger charge is -2.25. The first-order valence-corrected chi connectivity index (χ1v) is 10.9. The first-order valence-electron chi connectivity index (χ1n) is 10.5. The van der Waals surface area contributed by atoms with Crippen LogP contribution in [0.5, 0.6) is 11.5 Å². The lowest BCUT2D eigenvalue weighted by Crippen LogP contribution is -2.29. The minimum atomic E-state index is -0.794. The molecular formula is C26H20ClNO5. The van der Waals surface area contributed by atoms with Crippen molar-refractivity contribution < 1.29 is 24.2 Å². The molecule has 7 heteroatoms. The fourth-order valence-electron chi connectivity index (χ4n) is 4.19. The summed E-state index contributed by atoms with van der Waals surface area (Å²) in [7, 11) is 0. The fourth-order valence-corrected chi connectivity index (χ4v) is 4.39. The van der Waals surface area contributed by atoms with Crippen molar-refractivity contribution in [1.29, 1.82) is 0 Å². The molecule has 5 rings (SSSR count). The summed E-state index contributed by atoms with van der Waals surface area (Å²) in [6.45, 7) is 1.04. The Morgan fingerprint density at radius 3 is 2.45 bits per heavy atom. The van der Waals surface area contributed by atoms with E-state index in [1.54, 1.807) is 42.5 Å². The second-order valence-corrected chi connectivity index (χ2v) is 8.26. The third-order valence-corrected chi connectivity index (χ3v) is 5.95. The van der Waals surface area contributed by atoms with Crippen molar-refractivity contribution in [3.63, 3.8) is 0 Å². The topological polar surface area (TPSA) is 76.1 Å². The van der Waals surface area contributed by atoms with Crippen molar-refractivity contribution in [2.45, 2.75) is 12.6 Å². The SMILES string of the molecule is O=C1C(=O)N(Cc2ccccc2)C(c2cccc(Cl)c2)/C1=C(/O)c1ccc2c(c1)OCCO2. The molecule has 1 saturated heterocycles. The van der Waals surface area contributed by atoms with Crippen LogP contribution in [0.15, 0.2) is 78.4 Å². The first-order chi connectivity index (χ1) is 16.0. The van der Waals surface area contributed by atoms with E-state index >= 15 is 0 Å². The Labute approximate surface area is 195 Å². The molecule has 2 aliphatic rings. The molecule has 3 aromatic carbocycles. The maximum Gasteiger partial charge on any atom is 0.295 e. The number of Topliss-reactive ketones (excluding diaryl/α,β-unsaturated/α-hetero) is 1. The van der Waals surface area contributed by atoms with Gasteiger partial charge in [-0.15, -0.1) is 0 Å². The molecule has 33 heavy (non-hydrogen) atoms. The molecule has 0 aromatic heterocycles. The van der Waals surface area contributed by atoms with Gasteiger partial charge in [0.1, 0.15) is 19.0 Å². The van der Waals surface area contributed by atoms with Crippen molar-refractivity contribution in [3.8, 4) is 11.5 Å². The molecule has 0 radical (unpaired) electrons. The second kappa shape index (κ2) is 8.64. The van der Waals surface area contributed by atoms with Gasteiger partial charge in [-0.2, -0.15) is 0 Å². The van der Waals surface area contributed by atoms with E-state index in [-0.39, 0.29) is 17.9 Å². The maximum atomic E-state index is 13.2. The molecule has 1 unspecified atom stereocenters. The predicted octanol–water partition coefficient (Wildman–Crippen LogP) is 4.73. The Kier molecular flexibility index (Phi) is 5.52. The van der Waals surface area contributed by atoms with E-state index in [0.29, 0.717) is 40.9 Å². The smallest absolute Gasteiger partial charge is 0.295 e. The number of aliphatic hydroxyl groups is 1. The highest BCUT2D eigenvalue weighted by Gasteiger charge is 2.46. The van der Waals surface area contributed by atoms with Crippen LogP contribution in [0, 0.1) is 0 Å². The van der Waals surface area contributed by atoms with Gasteiger partial charge in [0.15, 0.2) is 11.5 Å². The maximum absolute atomic E-state index is 13.2. The summed E-state index contributed by atoms with van der Waals surface area (Å²) in [6.07, 6.45) is 0. The van der Waals surface area contributed by atoms with E-state index in [4.69, 9.17) is 21.1 Å². The summed E-state index contributed by atoms with van der Waals surface area (Å²) in [5.41, 5.74) is 1.88. The van der Waals surface area contributed by atoms with Gasteiger partial charge < -0.3 is 19.5 Å². The molecule has 2 heterocycles. The number of carbonyl (C=O) groups is 2. The molecule has 166 valence electrons. The summed E-state index contributed by atoms with van der Waals surface area (Å²) in [5, 5.41) is 11.7. The van der Waals surface area contributed by atoms with E-state index in [2.05, 4.69) is 0 Å². The number of halogens is 1. The molecule has 1 fully saturated rings. The van der Waals surface area contributed by atoms with E-state index in [1.807, 2.05) is 30.3 Å². The Morgan fingerprint density at radius 2 is 1.70 bits per heavy atom. The van der Waals surface area contributed by atoms with Crippen molar-refractivity contribution in [1.82, 2.24) is 4.90 Å². The van der Waals surface area contributed by atoms with E-state index in [9.17, 15) is 14.7 Å². The monoisotopic (exact) mass is 461 g/mol. The lowest BCUT2D eigenvalue weighted by atomic mass is 9.95. The fraction of sp³-hybridized carbons (Fsp3) is 0.154. The van der Waals surface area contributed by atoms with Crippen LogP contribution in [0.4, 0.5) is 0 Å². The van der Waals surface area contributed by atoms with Crippen LogP contribution in [0.2, 0.25) is 5.02 Å². The summed E-state index contributed by atoms with van der Waals surface area (Å²) < 4.78 is 11.2. The van der Waals surface area contributed by atoms with Crippen molar-refractivity contribution >= 4 is 29.1 Å². The van der Waals surface area contributed by atoms with E-state index < -0.39 is 17.7 Å². The van der Waals surface area contributed by atoms with Crippen molar-refractivity contribution in [2.75, 3.05) is 13.2 Å². The van der Waals surface area contributed by atoms with Gasteiger partial charge in [-0.25, -0.2) is 0 Å². The van der Waals surface area contributed by atoms with Crippen LogP contribution in [-0.4, -0.2) is 34.9 Å². The van der Waals surface area contributed by atoms with Crippen LogP contribution in [0.1, 0.15) is 22.7 Å². The number of hydrogen-bond acceptors (Lipinski definition) is 5. The standard InChI is InChI=1S/C26H20ClNO5/c27-19-8-4-7-17(13-19)23-22(24(29)18-9-10-20-21(14-18)33-12-11-32-20)25(30)26(31)28(23)15-16-5-2-1-3-6-16/h1-10,13-14,23,29H,11-12,15H2/b24-22-. The number of rotatable bonds is 4. The lowest BCUT2D eigenvalue weighted by molar-refractivity contribution is -0.140. The Bertz CT molecular complexity index is 1270. The number of likely N-dealkylation sites (tertiary alicyclic amines) is 1. The van der Waals surface area contributed by atoms with E-state index in [1.165, 1.54) is 4.90 Å². The van der Waals surface area contributed by atoms with Gasteiger partial charge in [-0.3, -0.25) is 9.59 Å². The highest BCUT2D eigenvalue weighted by molar-refractivity contribution is 6.46. The Balaban J connectivity index is 1.64. The summed E-state index contributed by atoms with van der Waals surface area (Å²) in [5.74, 6) is -0.658. The number of ketones is 1. The van der Waals surface area contributed by atoms with Crippen LogP contribution in [0.25, 0.3) is 5.76 Å².